The lowest BCUT2D eigenvalue weighted by molar-refractivity contribution is 0.0177. The lowest BCUT2D eigenvalue weighted by atomic mass is 10.3. The number of aromatic nitrogens is 6. The van der Waals surface area contributed by atoms with Crippen LogP contribution in [0.3, 0.4) is 0 Å². The molecule has 4 aromatic heterocycles. The molecule has 1 aliphatic heterocycles. The topological polar surface area (TPSA) is 109 Å². The van der Waals surface area contributed by atoms with Crippen molar-refractivity contribution in [2.45, 2.75) is 20.3 Å². The van der Waals surface area contributed by atoms with Gasteiger partial charge in [0, 0.05) is 42.5 Å². The second-order valence-corrected chi connectivity index (χ2v) is 8.04. The Morgan fingerprint density at radius 2 is 1.90 bits per heavy atom. The van der Waals surface area contributed by atoms with Gasteiger partial charge in [0.25, 0.3) is 11.8 Å². The summed E-state index contributed by atoms with van der Waals surface area (Å²) in [6.45, 7) is 4.47. The van der Waals surface area contributed by atoms with E-state index in [1.165, 1.54) is 21.4 Å². The third-order valence-corrected chi connectivity index (χ3v) is 5.95. The summed E-state index contributed by atoms with van der Waals surface area (Å²) in [7, 11) is 0. The van der Waals surface area contributed by atoms with Gasteiger partial charge in [-0.3, -0.25) is 14.6 Å². The average Bonchev–Trinajstić information content (AvgIpc) is 3.53. The summed E-state index contributed by atoms with van der Waals surface area (Å²) in [5.41, 5.74) is 3.25. The zero-order valence-corrected chi connectivity index (χ0v) is 17.7. The number of aryl methyl sites for hydroxylation is 2. The maximum Gasteiger partial charge on any atom is 0.294 e. The lowest BCUT2D eigenvalue weighted by Gasteiger charge is -2.27. The second-order valence-electron chi connectivity index (χ2n) is 7.18. The van der Waals surface area contributed by atoms with Crippen molar-refractivity contribution in [3.8, 4) is 10.6 Å². The summed E-state index contributed by atoms with van der Waals surface area (Å²) in [5, 5.41) is 17.8. The van der Waals surface area contributed by atoms with Crippen molar-refractivity contribution >= 4 is 28.8 Å². The Hall–Kier alpha value is -3.73. The predicted molar refractivity (Wildman–Crippen MR) is 112 cm³/mol. The molecule has 0 bridgehead atoms. The van der Waals surface area contributed by atoms with E-state index in [9.17, 15) is 9.59 Å². The molecule has 0 aliphatic carbocycles. The lowest BCUT2D eigenvalue weighted by Crippen LogP contribution is -2.45. The summed E-state index contributed by atoms with van der Waals surface area (Å²) < 4.78 is 1.60. The number of fused-ring (bicyclic) bond motifs is 1. The minimum Gasteiger partial charge on any atom is -0.265 e. The van der Waals surface area contributed by atoms with Crippen LogP contribution in [0, 0.1) is 13.8 Å². The molecule has 0 N–H and O–H groups in total. The fraction of sp³-hybridized carbons (Fsp3) is 0.250. The van der Waals surface area contributed by atoms with E-state index in [0.29, 0.717) is 41.6 Å². The van der Waals surface area contributed by atoms with Gasteiger partial charge in [0.05, 0.1) is 11.4 Å². The Balaban J connectivity index is 1.42. The van der Waals surface area contributed by atoms with Gasteiger partial charge in [-0.2, -0.15) is 5.10 Å². The molecule has 156 valence electrons. The number of carbonyl (C=O) groups is 2. The fourth-order valence-corrected chi connectivity index (χ4v) is 4.34. The van der Waals surface area contributed by atoms with E-state index in [0.717, 1.165) is 11.3 Å². The average molecular weight is 434 g/mol. The van der Waals surface area contributed by atoms with Crippen LogP contribution in [0.25, 0.3) is 16.2 Å². The highest BCUT2D eigenvalue weighted by atomic mass is 32.1. The molecule has 1 saturated heterocycles. The van der Waals surface area contributed by atoms with E-state index in [-0.39, 0.29) is 17.5 Å². The van der Waals surface area contributed by atoms with Gasteiger partial charge < -0.3 is 0 Å². The summed E-state index contributed by atoms with van der Waals surface area (Å²) >= 11 is 1.37. The van der Waals surface area contributed by atoms with Crippen molar-refractivity contribution in [3.05, 3.63) is 58.7 Å². The number of hydrogen-bond acceptors (Lipinski definition) is 8. The number of nitrogens with zero attached hydrogens (tertiary/aromatic N) is 8. The van der Waals surface area contributed by atoms with Crippen molar-refractivity contribution in [1.29, 1.82) is 0 Å². The van der Waals surface area contributed by atoms with Crippen LogP contribution in [0.2, 0.25) is 0 Å². The highest BCUT2D eigenvalue weighted by Gasteiger charge is 2.35. The molecule has 0 aromatic carbocycles. The Morgan fingerprint density at radius 3 is 2.68 bits per heavy atom. The van der Waals surface area contributed by atoms with Crippen molar-refractivity contribution < 1.29 is 9.59 Å². The predicted octanol–water partition coefficient (Wildman–Crippen LogP) is 2.16. The molecule has 31 heavy (non-hydrogen) atoms. The van der Waals surface area contributed by atoms with Crippen LogP contribution < -0.4 is 0 Å². The van der Waals surface area contributed by atoms with E-state index in [2.05, 4.69) is 25.3 Å². The van der Waals surface area contributed by atoms with Gasteiger partial charge in [-0.1, -0.05) is 0 Å². The fourth-order valence-electron chi connectivity index (χ4n) is 3.56. The van der Waals surface area contributed by atoms with Crippen LogP contribution >= 0.6 is 11.3 Å². The largest absolute Gasteiger partial charge is 0.294 e. The van der Waals surface area contributed by atoms with E-state index >= 15 is 0 Å². The molecule has 0 spiro atoms. The molecule has 0 saturated carbocycles. The van der Waals surface area contributed by atoms with E-state index in [1.54, 1.807) is 35.3 Å². The standard InChI is InChI=1S/C20H18N8O2S/c1-12-9-16-23-24-17(13(2)28(16)25-12)20(30)27-8-4-7-26(27)19(29)15-11-31-18(22-15)14-5-3-6-21-10-14/h3,5-6,9-11H,4,7-8H2,1-2H3. The maximum absolute atomic E-state index is 13.3. The Morgan fingerprint density at radius 1 is 1.10 bits per heavy atom. The van der Waals surface area contributed by atoms with Crippen LogP contribution in [-0.2, 0) is 0 Å². The molecule has 0 radical (unpaired) electrons. The quantitative estimate of drug-likeness (QED) is 0.486. The highest BCUT2D eigenvalue weighted by Crippen LogP contribution is 2.25. The Bertz CT molecular complexity index is 1300. The van der Waals surface area contributed by atoms with Gasteiger partial charge in [0.2, 0.25) is 0 Å². The summed E-state index contributed by atoms with van der Waals surface area (Å²) in [4.78, 5) is 35.0. The van der Waals surface area contributed by atoms with Gasteiger partial charge in [-0.25, -0.2) is 19.5 Å². The molecule has 1 fully saturated rings. The molecule has 10 nitrogen and oxygen atoms in total. The molecule has 1 aliphatic rings. The first-order chi connectivity index (χ1) is 15.0. The SMILES string of the molecule is Cc1cc2nnc(C(=O)N3CCCN3C(=O)c3csc(-c4cccnc4)n3)c(C)n2n1. The van der Waals surface area contributed by atoms with Gasteiger partial charge >= 0.3 is 0 Å². The molecule has 5 rings (SSSR count). The number of thiazole rings is 1. The van der Waals surface area contributed by atoms with Gasteiger partial charge in [0.1, 0.15) is 10.7 Å². The minimum absolute atomic E-state index is 0.171. The minimum atomic E-state index is -0.381. The molecular formula is C20H18N8O2S. The first kappa shape index (κ1) is 19.2. The highest BCUT2D eigenvalue weighted by molar-refractivity contribution is 7.13. The summed E-state index contributed by atoms with van der Waals surface area (Å²) in [5.74, 6) is -0.701. The second kappa shape index (κ2) is 7.51. The number of hydrogen-bond donors (Lipinski definition) is 0. The summed E-state index contributed by atoms with van der Waals surface area (Å²) in [6, 6.07) is 5.50. The molecule has 11 heteroatoms. The number of amides is 2. The smallest absolute Gasteiger partial charge is 0.265 e. The number of carbonyl (C=O) groups excluding carboxylic acids is 2. The molecule has 2 amide bonds. The number of rotatable bonds is 3. The Kier molecular flexibility index (Phi) is 4.66. The van der Waals surface area contributed by atoms with Crippen LogP contribution in [0.15, 0.2) is 36.0 Å². The first-order valence-corrected chi connectivity index (χ1v) is 10.6. The number of hydrazine groups is 1. The first-order valence-electron chi connectivity index (χ1n) is 9.72. The van der Waals surface area contributed by atoms with Crippen molar-refractivity contribution in [2.24, 2.45) is 0 Å². The third-order valence-electron chi connectivity index (χ3n) is 5.06. The van der Waals surface area contributed by atoms with Crippen molar-refractivity contribution in [2.75, 3.05) is 13.1 Å². The normalized spacial score (nSPS) is 13.9. The van der Waals surface area contributed by atoms with Gasteiger partial charge in [-0.05, 0) is 32.4 Å². The van der Waals surface area contributed by atoms with E-state index in [4.69, 9.17) is 0 Å². The monoisotopic (exact) mass is 434 g/mol. The molecule has 4 aromatic rings. The zero-order chi connectivity index (χ0) is 21.5. The summed E-state index contributed by atoms with van der Waals surface area (Å²) in [6.07, 6.45) is 4.06. The van der Waals surface area contributed by atoms with Crippen molar-refractivity contribution in [3.63, 3.8) is 0 Å². The van der Waals surface area contributed by atoms with Crippen LogP contribution in [0.4, 0.5) is 0 Å². The zero-order valence-electron chi connectivity index (χ0n) is 16.9. The molecular weight excluding hydrogens is 416 g/mol. The number of pyridine rings is 1. The van der Waals surface area contributed by atoms with E-state index in [1.807, 2.05) is 19.1 Å². The molecule has 5 heterocycles. The van der Waals surface area contributed by atoms with Gasteiger partial charge in [-0.15, -0.1) is 21.5 Å². The van der Waals surface area contributed by atoms with Gasteiger partial charge in [0.15, 0.2) is 11.3 Å². The Labute approximate surface area is 181 Å². The van der Waals surface area contributed by atoms with Crippen LogP contribution in [-0.4, -0.2) is 64.7 Å². The maximum atomic E-state index is 13.3. The van der Waals surface area contributed by atoms with Crippen LogP contribution in [0.5, 0.6) is 0 Å². The molecule has 0 unspecified atom stereocenters. The van der Waals surface area contributed by atoms with Crippen LogP contribution in [0.1, 0.15) is 38.8 Å². The van der Waals surface area contributed by atoms with Crippen molar-refractivity contribution in [1.82, 2.24) is 39.8 Å². The van der Waals surface area contributed by atoms with E-state index < -0.39 is 0 Å². The third kappa shape index (κ3) is 3.32. The molecule has 0 atom stereocenters.